The van der Waals surface area contributed by atoms with Crippen molar-refractivity contribution in [2.24, 2.45) is 5.18 Å². The second kappa shape index (κ2) is 8.96. The number of rotatable bonds is 5. The standard InChI is InChI=1S/C24H12ClN3O2S3/c25-15-4-6-16(7-5-15)33-28-19-12-14(24(29)27-30)3-8-17(19)22(18-9-11-32-21(18)13-26)23(28)20-2-1-10-31-20/h1-12H. The predicted molar refractivity (Wildman–Crippen MR) is 136 cm³/mol. The lowest BCUT2D eigenvalue weighted by molar-refractivity contribution is 0.100. The largest absolute Gasteiger partial charge is 0.316 e. The van der Waals surface area contributed by atoms with Gasteiger partial charge in [0.2, 0.25) is 0 Å². The molecule has 2 aromatic carbocycles. The molecule has 0 saturated heterocycles. The van der Waals surface area contributed by atoms with Crippen LogP contribution in [0.25, 0.3) is 32.6 Å². The number of aromatic nitrogens is 1. The quantitative estimate of drug-likeness (QED) is 0.226. The molecule has 0 fully saturated rings. The zero-order valence-electron chi connectivity index (χ0n) is 16.7. The zero-order valence-corrected chi connectivity index (χ0v) is 19.9. The minimum absolute atomic E-state index is 0.211. The number of carbonyl (C=O) groups excluding carboxylic acids is 1. The van der Waals surface area contributed by atoms with Crippen molar-refractivity contribution in [1.29, 1.82) is 5.26 Å². The monoisotopic (exact) mass is 505 g/mol. The summed E-state index contributed by atoms with van der Waals surface area (Å²) in [7, 11) is 0. The van der Waals surface area contributed by atoms with Gasteiger partial charge in [-0.3, -0.25) is 8.77 Å². The van der Waals surface area contributed by atoms with Gasteiger partial charge in [-0.1, -0.05) is 23.7 Å². The molecule has 0 saturated carbocycles. The van der Waals surface area contributed by atoms with Crippen LogP contribution in [-0.4, -0.2) is 9.88 Å². The lowest BCUT2D eigenvalue weighted by atomic mass is 10.0. The molecule has 3 heterocycles. The van der Waals surface area contributed by atoms with Crippen molar-refractivity contribution < 1.29 is 4.79 Å². The molecular formula is C24H12ClN3O2S3. The Kier molecular flexibility index (Phi) is 5.87. The summed E-state index contributed by atoms with van der Waals surface area (Å²) in [5.41, 5.74) is 3.61. The Morgan fingerprint density at radius 3 is 2.58 bits per heavy atom. The molecule has 5 aromatic rings. The van der Waals surface area contributed by atoms with Crippen LogP contribution in [0.2, 0.25) is 5.02 Å². The topological polar surface area (TPSA) is 75.2 Å². The molecule has 0 atom stereocenters. The highest BCUT2D eigenvalue weighted by molar-refractivity contribution is 7.98. The molecule has 0 spiro atoms. The van der Waals surface area contributed by atoms with Gasteiger partial charge >= 0.3 is 5.91 Å². The second-order valence-corrected chi connectivity index (χ2v) is 10.3. The zero-order chi connectivity index (χ0) is 22.9. The maximum atomic E-state index is 12.1. The lowest BCUT2D eigenvalue weighted by Gasteiger charge is -2.10. The van der Waals surface area contributed by atoms with E-state index >= 15 is 0 Å². The first-order valence-electron chi connectivity index (χ1n) is 9.62. The van der Waals surface area contributed by atoms with Crippen LogP contribution in [-0.2, 0) is 0 Å². The third kappa shape index (κ3) is 3.90. The number of nitroso groups, excluding NO2 is 1. The van der Waals surface area contributed by atoms with E-state index < -0.39 is 5.91 Å². The Balaban J connectivity index is 1.87. The van der Waals surface area contributed by atoms with E-state index in [1.807, 2.05) is 63.3 Å². The number of nitriles is 1. The number of carbonyl (C=O) groups is 1. The summed E-state index contributed by atoms with van der Waals surface area (Å²) in [4.78, 5) is 25.5. The van der Waals surface area contributed by atoms with Gasteiger partial charge in [-0.05, 0) is 71.2 Å². The van der Waals surface area contributed by atoms with Gasteiger partial charge in [0.05, 0.1) is 16.1 Å². The average Bonchev–Trinajstić information content (AvgIpc) is 3.58. The van der Waals surface area contributed by atoms with Gasteiger partial charge in [-0.15, -0.1) is 27.6 Å². The van der Waals surface area contributed by atoms with E-state index in [-0.39, 0.29) is 5.56 Å². The van der Waals surface area contributed by atoms with Crippen molar-refractivity contribution in [2.45, 2.75) is 4.90 Å². The Morgan fingerprint density at radius 1 is 1.06 bits per heavy atom. The number of benzene rings is 2. The molecule has 5 rings (SSSR count). The summed E-state index contributed by atoms with van der Waals surface area (Å²) in [5.74, 6) is -0.825. The normalized spacial score (nSPS) is 10.9. The molecule has 0 bridgehead atoms. The van der Waals surface area contributed by atoms with Crippen LogP contribution < -0.4 is 0 Å². The second-order valence-electron chi connectivity index (χ2n) is 6.94. The van der Waals surface area contributed by atoms with E-state index in [4.69, 9.17) is 11.6 Å². The lowest BCUT2D eigenvalue weighted by Crippen LogP contribution is -1.95. The number of nitrogens with zero attached hydrogens (tertiary/aromatic N) is 3. The first-order chi connectivity index (χ1) is 16.1. The van der Waals surface area contributed by atoms with E-state index in [2.05, 4.69) is 11.2 Å². The highest BCUT2D eigenvalue weighted by Crippen LogP contribution is 2.47. The van der Waals surface area contributed by atoms with Crippen molar-refractivity contribution in [3.05, 3.63) is 91.8 Å². The van der Waals surface area contributed by atoms with Crippen molar-refractivity contribution in [2.75, 3.05) is 0 Å². The molecular weight excluding hydrogens is 494 g/mol. The Labute approximate surface area is 206 Å². The van der Waals surface area contributed by atoms with Crippen LogP contribution in [0.5, 0.6) is 0 Å². The Bertz CT molecular complexity index is 1540. The van der Waals surface area contributed by atoms with E-state index in [9.17, 15) is 15.0 Å². The van der Waals surface area contributed by atoms with E-state index in [0.29, 0.717) is 9.90 Å². The summed E-state index contributed by atoms with van der Waals surface area (Å²) in [6, 6.07) is 20.8. The number of thiophene rings is 2. The van der Waals surface area contributed by atoms with Gasteiger partial charge in [-0.2, -0.15) is 5.26 Å². The minimum atomic E-state index is -0.825. The highest BCUT2D eigenvalue weighted by atomic mass is 35.5. The highest BCUT2D eigenvalue weighted by Gasteiger charge is 2.25. The Morgan fingerprint density at radius 2 is 1.88 bits per heavy atom. The molecule has 9 heteroatoms. The SMILES string of the molecule is N#Cc1sccc1-c1c(-c2cccs2)n(Sc2ccc(Cl)cc2)c2cc(C(=O)N=O)ccc12. The van der Waals surface area contributed by atoms with Gasteiger partial charge in [0, 0.05) is 37.2 Å². The van der Waals surface area contributed by atoms with Crippen molar-refractivity contribution >= 4 is 63.0 Å². The molecule has 0 aliphatic carbocycles. The van der Waals surface area contributed by atoms with Crippen molar-refractivity contribution in [3.8, 4) is 27.8 Å². The number of hydrogen-bond donors (Lipinski definition) is 0. The van der Waals surface area contributed by atoms with Crippen LogP contribution in [0, 0.1) is 16.2 Å². The molecule has 0 aliphatic heterocycles. The fraction of sp³-hybridized carbons (Fsp3) is 0. The van der Waals surface area contributed by atoms with Gasteiger partial charge < -0.3 is 0 Å². The summed E-state index contributed by atoms with van der Waals surface area (Å²) >= 11 is 10.5. The first-order valence-corrected chi connectivity index (χ1v) is 12.5. The van der Waals surface area contributed by atoms with Crippen LogP contribution in [0.15, 0.2) is 81.5 Å². The molecule has 33 heavy (non-hydrogen) atoms. The molecule has 1 amide bonds. The third-order valence-corrected chi connectivity index (χ3v) is 8.05. The summed E-state index contributed by atoms with van der Waals surface area (Å²) < 4.78 is 2.04. The van der Waals surface area contributed by atoms with Crippen molar-refractivity contribution in [1.82, 2.24) is 3.97 Å². The molecule has 0 radical (unpaired) electrons. The van der Waals surface area contributed by atoms with Gasteiger partial charge in [0.25, 0.3) is 0 Å². The summed E-state index contributed by atoms with van der Waals surface area (Å²) in [6.07, 6.45) is 0. The Hall–Kier alpha value is -3.22. The smallest absolute Gasteiger partial charge is 0.278 e. The molecule has 0 unspecified atom stereocenters. The molecule has 3 aromatic heterocycles. The van der Waals surface area contributed by atoms with Gasteiger partial charge in [0.15, 0.2) is 0 Å². The minimum Gasteiger partial charge on any atom is -0.278 e. The number of halogens is 1. The van der Waals surface area contributed by atoms with Gasteiger partial charge in [0.1, 0.15) is 10.9 Å². The van der Waals surface area contributed by atoms with Crippen LogP contribution in [0.4, 0.5) is 0 Å². The molecule has 0 N–H and O–H groups in total. The van der Waals surface area contributed by atoms with Crippen LogP contribution >= 0.6 is 46.2 Å². The van der Waals surface area contributed by atoms with Crippen molar-refractivity contribution in [3.63, 3.8) is 0 Å². The molecule has 0 aliphatic rings. The van der Waals surface area contributed by atoms with E-state index in [0.717, 1.165) is 37.5 Å². The van der Waals surface area contributed by atoms with E-state index in [1.165, 1.54) is 23.3 Å². The third-order valence-electron chi connectivity index (χ3n) is 5.06. The number of amides is 1. The van der Waals surface area contributed by atoms with E-state index in [1.54, 1.807) is 23.5 Å². The first kappa shape index (κ1) is 21.6. The summed E-state index contributed by atoms with van der Waals surface area (Å²) in [6.45, 7) is 0. The number of fused-ring (bicyclic) bond motifs is 1. The molecule has 5 nitrogen and oxygen atoms in total. The summed E-state index contributed by atoms with van der Waals surface area (Å²) in [5, 5.41) is 17.7. The molecule has 160 valence electrons. The maximum Gasteiger partial charge on any atom is 0.316 e. The van der Waals surface area contributed by atoms with Crippen LogP contribution in [0.3, 0.4) is 0 Å². The fourth-order valence-corrected chi connectivity index (χ4v) is 6.28. The number of hydrogen-bond acceptors (Lipinski definition) is 6. The van der Waals surface area contributed by atoms with Crippen LogP contribution in [0.1, 0.15) is 15.2 Å². The predicted octanol–water partition coefficient (Wildman–Crippen LogP) is 8.09. The van der Waals surface area contributed by atoms with Gasteiger partial charge in [-0.25, -0.2) is 0 Å². The maximum absolute atomic E-state index is 12.1. The fourth-order valence-electron chi connectivity index (χ4n) is 3.64. The average molecular weight is 506 g/mol.